The maximum Gasteiger partial charge on any atom is 0.246 e. The number of benzene rings is 1. The fourth-order valence-corrected chi connectivity index (χ4v) is 6.43. The number of nitrogens with zero attached hydrogens (tertiary/aromatic N) is 1. The van der Waals surface area contributed by atoms with Crippen LogP contribution in [0.5, 0.6) is 0 Å². The first kappa shape index (κ1) is 23.5. The Morgan fingerprint density at radius 2 is 1.88 bits per heavy atom. The number of fused-ring (bicyclic) bond motifs is 1. The summed E-state index contributed by atoms with van der Waals surface area (Å²) in [7, 11) is 0. The van der Waals surface area contributed by atoms with Gasteiger partial charge >= 0.3 is 0 Å². The second kappa shape index (κ2) is 9.11. The summed E-state index contributed by atoms with van der Waals surface area (Å²) in [4.78, 5) is 42.6. The number of anilines is 1. The van der Waals surface area contributed by atoms with Crippen LogP contribution in [-0.2, 0) is 19.1 Å². The lowest BCUT2D eigenvalue weighted by Crippen LogP contribution is -2.58. The number of carbonyl (C=O) groups is 3. The molecule has 7 nitrogen and oxygen atoms in total. The van der Waals surface area contributed by atoms with Gasteiger partial charge in [0.2, 0.25) is 17.7 Å². The molecule has 6 atom stereocenters. The first-order valence-electron chi connectivity index (χ1n) is 12.4. The zero-order valence-electron chi connectivity index (χ0n) is 19.6. The van der Waals surface area contributed by atoms with Crippen molar-refractivity contribution >= 4 is 39.3 Å². The Balaban J connectivity index is 1.44. The van der Waals surface area contributed by atoms with Gasteiger partial charge in [0.1, 0.15) is 11.6 Å². The van der Waals surface area contributed by atoms with Crippen molar-refractivity contribution in [3.63, 3.8) is 0 Å². The van der Waals surface area contributed by atoms with E-state index in [1.54, 1.807) is 4.90 Å². The highest BCUT2D eigenvalue weighted by Gasteiger charge is 2.73. The molecule has 1 aromatic carbocycles. The molecule has 1 aromatic rings. The molecule has 3 aliphatic heterocycles. The van der Waals surface area contributed by atoms with Crippen LogP contribution in [0.15, 0.2) is 40.9 Å². The van der Waals surface area contributed by atoms with Gasteiger partial charge in [0.15, 0.2) is 0 Å². The lowest BCUT2D eigenvalue weighted by Gasteiger charge is -2.36. The molecule has 1 aliphatic carbocycles. The van der Waals surface area contributed by atoms with E-state index in [2.05, 4.69) is 26.6 Å². The molecule has 4 unspecified atom stereocenters. The number of rotatable bonds is 6. The number of hydrogen-bond acceptors (Lipinski definition) is 4. The molecule has 182 valence electrons. The third-order valence-corrected chi connectivity index (χ3v) is 8.52. The molecule has 2 bridgehead atoms. The van der Waals surface area contributed by atoms with Crippen LogP contribution >= 0.6 is 15.9 Å². The van der Waals surface area contributed by atoms with E-state index in [-0.39, 0.29) is 29.8 Å². The van der Waals surface area contributed by atoms with Crippen LogP contribution in [0.1, 0.15) is 52.4 Å². The zero-order valence-corrected chi connectivity index (χ0v) is 21.2. The second-order valence-corrected chi connectivity index (χ2v) is 11.0. The SMILES string of the molecule is CCC(C)N1C(=O)[C@H]2C(C(=O)Nc3ccc(Br)cc3)[C@H]3C=CC2(O3)C1C(=O)NC1CCCCC1. The minimum atomic E-state index is -1.11. The van der Waals surface area contributed by atoms with E-state index in [4.69, 9.17) is 4.74 Å². The average molecular weight is 530 g/mol. The van der Waals surface area contributed by atoms with Gasteiger partial charge in [-0.05, 0) is 50.5 Å². The number of amides is 3. The highest BCUT2D eigenvalue weighted by atomic mass is 79.9. The predicted molar refractivity (Wildman–Crippen MR) is 132 cm³/mol. The van der Waals surface area contributed by atoms with Gasteiger partial charge in [-0.1, -0.05) is 54.3 Å². The van der Waals surface area contributed by atoms with Crippen LogP contribution in [0.2, 0.25) is 0 Å². The van der Waals surface area contributed by atoms with Gasteiger partial charge < -0.3 is 20.3 Å². The molecule has 2 saturated heterocycles. The van der Waals surface area contributed by atoms with Gasteiger partial charge in [-0.25, -0.2) is 0 Å². The third kappa shape index (κ3) is 3.79. The number of carbonyl (C=O) groups excluding carboxylic acids is 3. The maximum atomic E-state index is 13.8. The summed E-state index contributed by atoms with van der Waals surface area (Å²) in [6.07, 6.45) is 9.25. The molecule has 8 heteroatoms. The molecule has 1 spiro atoms. The minimum absolute atomic E-state index is 0.129. The number of nitrogens with one attached hydrogen (secondary N) is 2. The van der Waals surface area contributed by atoms with Gasteiger partial charge in [0.25, 0.3) is 0 Å². The fraction of sp³-hybridized carbons (Fsp3) is 0.577. The normalized spacial score (nSPS) is 33.1. The fourth-order valence-electron chi connectivity index (χ4n) is 6.16. The van der Waals surface area contributed by atoms with E-state index in [0.717, 1.165) is 30.2 Å². The Morgan fingerprint density at radius 1 is 1.18 bits per heavy atom. The third-order valence-electron chi connectivity index (χ3n) is 7.99. The lowest BCUT2D eigenvalue weighted by molar-refractivity contribution is -0.143. The standard InChI is InChI=1S/C26H32BrN3O4/c1-3-15(2)30-22(24(32)29-17-7-5-4-6-8-17)26-14-13-19(34-26)20(21(26)25(30)33)23(31)28-18-11-9-16(27)10-12-18/h9-15,17,19-22H,3-8H2,1-2H3,(H,28,31)(H,29,32)/t15?,19-,20?,21-,22?,26?/m1/s1. The van der Waals surface area contributed by atoms with Crippen LogP contribution in [0.25, 0.3) is 0 Å². The maximum absolute atomic E-state index is 13.8. The van der Waals surface area contributed by atoms with Gasteiger partial charge in [0.05, 0.1) is 17.9 Å². The van der Waals surface area contributed by atoms with E-state index in [0.29, 0.717) is 12.1 Å². The number of halogens is 1. The summed E-state index contributed by atoms with van der Waals surface area (Å²) >= 11 is 3.40. The van der Waals surface area contributed by atoms with E-state index < -0.39 is 29.6 Å². The summed E-state index contributed by atoms with van der Waals surface area (Å²) in [6.45, 7) is 3.97. The van der Waals surface area contributed by atoms with E-state index in [1.807, 2.05) is 50.3 Å². The number of hydrogen-bond donors (Lipinski definition) is 2. The molecular formula is C26H32BrN3O4. The van der Waals surface area contributed by atoms with Crippen molar-refractivity contribution in [1.82, 2.24) is 10.2 Å². The predicted octanol–water partition coefficient (Wildman–Crippen LogP) is 3.79. The molecule has 5 rings (SSSR count). The summed E-state index contributed by atoms with van der Waals surface area (Å²) in [5, 5.41) is 6.17. The largest absolute Gasteiger partial charge is 0.359 e. The minimum Gasteiger partial charge on any atom is -0.359 e. The van der Waals surface area contributed by atoms with Crippen LogP contribution in [0.4, 0.5) is 5.69 Å². The van der Waals surface area contributed by atoms with Crippen molar-refractivity contribution in [3.8, 4) is 0 Å². The first-order valence-corrected chi connectivity index (χ1v) is 13.2. The monoisotopic (exact) mass is 529 g/mol. The van der Waals surface area contributed by atoms with Crippen LogP contribution in [0.3, 0.4) is 0 Å². The quantitative estimate of drug-likeness (QED) is 0.548. The van der Waals surface area contributed by atoms with Crippen molar-refractivity contribution in [3.05, 3.63) is 40.9 Å². The van der Waals surface area contributed by atoms with E-state index in [1.165, 1.54) is 6.42 Å². The first-order chi connectivity index (χ1) is 16.4. The Bertz CT molecular complexity index is 1010. The van der Waals surface area contributed by atoms with Crippen LogP contribution < -0.4 is 10.6 Å². The molecule has 3 amide bonds. The summed E-state index contributed by atoms with van der Waals surface area (Å²) < 4.78 is 7.30. The Kier molecular flexibility index (Phi) is 6.31. The Morgan fingerprint density at radius 3 is 2.56 bits per heavy atom. The smallest absolute Gasteiger partial charge is 0.246 e. The molecule has 1 saturated carbocycles. The van der Waals surface area contributed by atoms with Gasteiger partial charge in [-0.15, -0.1) is 0 Å². The van der Waals surface area contributed by atoms with Crippen molar-refractivity contribution in [2.75, 3.05) is 5.32 Å². The van der Waals surface area contributed by atoms with Crippen molar-refractivity contribution < 1.29 is 19.1 Å². The summed E-state index contributed by atoms with van der Waals surface area (Å²) in [6, 6.07) is 6.55. The highest BCUT2D eigenvalue weighted by molar-refractivity contribution is 9.10. The summed E-state index contributed by atoms with van der Waals surface area (Å²) in [5.74, 6) is -1.98. The molecule has 3 heterocycles. The van der Waals surface area contributed by atoms with Crippen molar-refractivity contribution in [2.45, 2.75) is 82.2 Å². The molecule has 34 heavy (non-hydrogen) atoms. The van der Waals surface area contributed by atoms with Crippen LogP contribution in [0, 0.1) is 11.8 Å². The van der Waals surface area contributed by atoms with Crippen LogP contribution in [-0.4, -0.2) is 52.5 Å². The number of ether oxygens (including phenoxy) is 1. The van der Waals surface area contributed by atoms with Gasteiger partial charge in [-0.3, -0.25) is 14.4 Å². The van der Waals surface area contributed by atoms with Crippen molar-refractivity contribution in [1.29, 1.82) is 0 Å². The Labute approximate surface area is 208 Å². The number of likely N-dealkylation sites (tertiary alicyclic amines) is 1. The highest BCUT2D eigenvalue weighted by Crippen LogP contribution is 2.55. The molecule has 0 aromatic heterocycles. The van der Waals surface area contributed by atoms with Gasteiger partial charge in [-0.2, -0.15) is 0 Å². The van der Waals surface area contributed by atoms with Gasteiger partial charge in [0, 0.05) is 22.2 Å². The topological polar surface area (TPSA) is 87.7 Å². The van der Waals surface area contributed by atoms with Crippen molar-refractivity contribution in [2.24, 2.45) is 11.8 Å². The molecule has 2 N–H and O–H groups in total. The van der Waals surface area contributed by atoms with E-state index >= 15 is 0 Å². The molecular weight excluding hydrogens is 498 g/mol. The van der Waals surface area contributed by atoms with E-state index in [9.17, 15) is 14.4 Å². The molecule has 4 aliphatic rings. The summed E-state index contributed by atoms with van der Waals surface area (Å²) in [5.41, 5.74) is -0.448. The average Bonchev–Trinajstić information content (AvgIpc) is 3.48. The molecule has 3 fully saturated rings. The zero-order chi connectivity index (χ0) is 24.0. The Hall–Kier alpha value is -2.19. The molecule has 0 radical (unpaired) electrons. The lowest BCUT2D eigenvalue weighted by atomic mass is 9.74. The second-order valence-electron chi connectivity index (χ2n) is 10.0.